The van der Waals surface area contributed by atoms with Gasteiger partial charge in [-0.25, -0.2) is 5.84 Å². The number of carbonyl (C=O) groups is 1. The number of rotatable bonds is 1. The second-order valence-electron chi connectivity index (χ2n) is 2.13. The third kappa shape index (κ3) is 1.91. The fraction of sp³-hybridized carbons (Fsp3) is 0.167. The van der Waals surface area contributed by atoms with E-state index in [1.807, 2.05) is 5.43 Å². The SMILES string of the molecule is NNC(=O)C1=CNC(Cl)C(Cl)=C1. The van der Waals surface area contributed by atoms with Crippen LogP contribution in [0.1, 0.15) is 0 Å². The van der Waals surface area contributed by atoms with E-state index in [0.717, 1.165) is 0 Å². The predicted octanol–water partition coefficient (Wildman–Crippen LogP) is 0.151. The van der Waals surface area contributed by atoms with Crippen molar-refractivity contribution < 1.29 is 4.79 Å². The summed E-state index contributed by atoms with van der Waals surface area (Å²) in [4.78, 5) is 10.9. The number of hydrogen-bond acceptors (Lipinski definition) is 3. The summed E-state index contributed by atoms with van der Waals surface area (Å²) in [7, 11) is 0. The molecule has 0 bridgehead atoms. The van der Waals surface area contributed by atoms with Crippen LogP contribution in [0.2, 0.25) is 0 Å². The van der Waals surface area contributed by atoms with Crippen LogP contribution in [-0.4, -0.2) is 11.4 Å². The van der Waals surface area contributed by atoms with Crippen LogP contribution < -0.4 is 16.6 Å². The highest BCUT2D eigenvalue weighted by Crippen LogP contribution is 2.18. The van der Waals surface area contributed by atoms with Gasteiger partial charge in [-0.2, -0.15) is 0 Å². The molecule has 4 nitrogen and oxygen atoms in total. The number of hydrogen-bond donors (Lipinski definition) is 3. The van der Waals surface area contributed by atoms with Gasteiger partial charge in [0.2, 0.25) is 0 Å². The van der Waals surface area contributed by atoms with E-state index in [-0.39, 0.29) is 0 Å². The summed E-state index contributed by atoms with van der Waals surface area (Å²) in [6, 6.07) is 0. The molecule has 1 rings (SSSR count). The number of hydrazine groups is 1. The van der Waals surface area contributed by atoms with E-state index in [2.05, 4.69) is 5.32 Å². The summed E-state index contributed by atoms with van der Waals surface area (Å²) in [6.45, 7) is 0. The Bertz CT molecular complexity index is 262. The Hall–Kier alpha value is -0.710. The number of dihydropyridines is 1. The van der Waals surface area contributed by atoms with Gasteiger partial charge in [0.05, 0.1) is 10.6 Å². The first-order valence-electron chi connectivity index (χ1n) is 3.13. The molecule has 0 aromatic carbocycles. The minimum absolute atomic E-state index is 0.347. The first-order chi connectivity index (χ1) is 5.65. The fourth-order valence-electron chi connectivity index (χ4n) is 0.720. The summed E-state index contributed by atoms with van der Waals surface area (Å²) in [5.41, 5.74) is 1.85. The predicted molar refractivity (Wildman–Crippen MR) is 47.1 cm³/mol. The minimum atomic E-state index is -0.471. The summed E-state index contributed by atoms with van der Waals surface area (Å²) >= 11 is 11.3. The molecule has 0 saturated heterocycles. The molecule has 66 valence electrons. The van der Waals surface area contributed by atoms with E-state index in [1.165, 1.54) is 12.3 Å². The standard InChI is InChI=1S/C6H7Cl2N3O/c7-4-1-3(6(12)11-9)2-10-5(4)8/h1-2,5,10H,9H2,(H,11,12). The van der Waals surface area contributed by atoms with Gasteiger partial charge in [0.25, 0.3) is 5.91 Å². The van der Waals surface area contributed by atoms with E-state index in [1.54, 1.807) is 0 Å². The molecule has 1 unspecified atom stereocenters. The Morgan fingerprint density at radius 2 is 2.42 bits per heavy atom. The third-order valence-electron chi connectivity index (χ3n) is 1.31. The second kappa shape index (κ2) is 3.80. The van der Waals surface area contributed by atoms with Gasteiger partial charge in [-0.1, -0.05) is 23.2 Å². The number of carbonyl (C=O) groups excluding carboxylic acids is 1. The van der Waals surface area contributed by atoms with Crippen LogP contribution in [0.3, 0.4) is 0 Å². The van der Waals surface area contributed by atoms with Crippen molar-refractivity contribution in [2.75, 3.05) is 0 Å². The van der Waals surface area contributed by atoms with Crippen molar-refractivity contribution in [3.8, 4) is 0 Å². The van der Waals surface area contributed by atoms with Crippen LogP contribution >= 0.6 is 23.2 Å². The molecule has 0 spiro atoms. The molecular formula is C6H7Cl2N3O. The van der Waals surface area contributed by atoms with Crippen molar-refractivity contribution in [3.63, 3.8) is 0 Å². The monoisotopic (exact) mass is 207 g/mol. The van der Waals surface area contributed by atoms with Crippen LogP contribution in [0.5, 0.6) is 0 Å². The topological polar surface area (TPSA) is 67.1 Å². The zero-order valence-electron chi connectivity index (χ0n) is 5.97. The first kappa shape index (κ1) is 9.38. The average molecular weight is 208 g/mol. The van der Waals surface area contributed by atoms with E-state index >= 15 is 0 Å². The summed E-state index contributed by atoms with van der Waals surface area (Å²) in [6.07, 6.45) is 2.91. The highest BCUT2D eigenvalue weighted by atomic mass is 35.5. The van der Waals surface area contributed by atoms with Gasteiger partial charge < -0.3 is 5.32 Å². The van der Waals surface area contributed by atoms with E-state index < -0.39 is 11.4 Å². The zero-order chi connectivity index (χ0) is 9.14. The molecule has 0 radical (unpaired) electrons. The van der Waals surface area contributed by atoms with Crippen LogP contribution in [0, 0.1) is 0 Å². The van der Waals surface area contributed by atoms with Gasteiger partial charge in [-0.3, -0.25) is 10.2 Å². The number of alkyl halides is 1. The van der Waals surface area contributed by atoms with E-state index in [4.69, 9.17) is 29.0 Å². The van der Waals surface area contributed by atoms with Gasteiger partial charge in [-0.15, -0.1) is 0 Å². The van der Waals surface area contributed by atoms with Crippen molar-refractivity contribution >= 4 is 29.1 Å². The van der Waals surface area contributed by atoms with Crippen LogP contribution in [0.25, 0.3) is 0 Å². The van der Waals surface area contributed by atoms with Crippen LogP contribution in [0.15, 0.2) is 22.9 Å². The minimum Gasteiger partial charge on any atom is -0.370 e. The number of halogens is 2. The molecule has 0 saturated carbocycles. The lowest BCUT2D eigenvalue weighted by Gasteiger charge is -2.15. The highest BCUT2D eigenvalue weighted by molar-refractivity contribution is 6.37. The van der Waals surface area contributed by atoms with Crippen molar-refractivity contribution in [2.45, 2.75) is 5.50 Å². The number of amides is 1. The Kier molecular flexibility index (Phi) is 2.97. The van der Waals surface area contributed by atoms with Crippen molar-refractivity contribution in [2.24, 2.45) is 5.84 Å². The lowest BCUT2D eigenvalue weighted by atomic mass is 10.2. The summed E-state index contributed by atoms with van der Waals surface area (Å²) in [5, 5.41) is 3.04. The molecule has 0 aromatic rings. The lowest BCUT2D eigenvalue weighted by Crippen LogP contribution is -2.33. The van der Waals surface area contributed by atoms with Gasteiger partial charge in [0, 0.05) is 6.20 Å². The van der Waals surface area contributed by atoms with Gasteiger partial charge in [-0.05, 0) is 6.08 Å². The van der Waals surface area contributed by atoms with Crippen molar-refractivity contribution in [1.29, 1.82) is 0 Å². The van der Waals surface area contributed by atoms with E-state index in [0.29, 0.717) is 10.6 Å². The van der Waals surface area contributed by atoms with Crippen molar-refractivity contribution in [3.05, 3.63) is 22.9 Å². The normalized spacial score (nSPS) is 22.1. The molecule has 1 aliphatic heterocycles. The second-order valence-corrected chi connectivity index (χ2v) is 3.00. The van der Waals surface area contributed by atoms with Crippen LogP contribution in [-0.2, 0) is 4.79 Å². The molecule has 0 aliphatic carbocycles. The zero-order valence-corrected chi connectivity index (χ0v) is 7.49. The molecule has 0 aromatic heterocycles. The average Bonchev–Trinajstić information content (AvgIpc) is 2.08. The van der Waals surface area contributed by atoms with Gasteiger partial charge in [0.1, 0.15) is 5.50 Å². The smallest absolute Gasteiger partial charge is 0.266 e. The lowest BCUT2D eigenvalue weighted by molar-refractivity contribution is -0.117. The molecule has 1 amide bonds. The van der Waals surface area contributed by atoms with E-state index in [9.17, 15) is 4.79 Å². The van der Waals surface area contributed by atoms with Crippen molar-refractivity contribution in [1.82, 2.24) is 10.7 Å². The molecule has 4 N–H and O–H groups in total. The molecule has 1 atom stereocenters. The molecular weight excluding hydrogens is 201 g/mol. The Morgan fingerprint density at radius 3 is 2.92 bits per heavy atom. The number of nitrogens with one attached hydrogen (secondary N) is 2. The van der Waals surface area contributed by atoms with Gasteiger partial charge >= 0.3 is 0 Å². The highest BCUT2D eigenvalue weighted by Gasteiger charge is 2.15. The molecule has 12 heavy (non-hydrogen) atoms. The maximum Gasteiger partial charge on any atom is 0.266 e. The number of nitrogens with two attached hydrogens (primary N) is 1. The quantitative estimate of drug-likeness (QED) is 0.189. The maximum atomic E-state index is 10.9. The Labute approximate surface area is 79.4 Å². The van der Waals surface area contributed by atoms with Gasteiger partial charge in [0.15, 0.2) is 0 Å². The third-order valence-corrected chi connectivity index (χ3v) is 2.11. The molecule has 0 fully saturated rings. The maximum absolute atomic E-state index is 10.9. The Morgan fingerprint density at radius 1 is 1.75 bits per heavy atom. The first-order valence-corrected chi connectivity index (χ1v) is 3.95. The largest absolute Gasteiger partial charge is 0.370 e. The fourth-order valence-corrected chi connectivity index (χ4v) is 1.03. The Balaban J connectivity index is 2.78. The summed E-state index contributed by atoms with van der Waals surface area (Å²) < 4.78 is 0. The summed E-state index contributed by atoms with van der Waals surface area (Å²) in [5.74, 6) is 4.50. The molecule has 6 heteroatoms. The molecule has 1 aliphatic rings. The van der Waals surface area contributed by atoms with Crippen LogP contribution in [0.4, 0.5) is 0 Å². The molecule has 1 heterocycles.